The second-order valence-corrected chi connectivity index (χ2v) is 7.41. The number of carbonyl (C=O) groups is 1. The van der Waals surface area contributed by atoms with Crippen molar-refractivity contribution in [1.82, 2.24) is 15.4 Å². The van der Waals surface area contributed by atoms with Gasteiger partial charge in [0.05, 0.1) is 18.7 Å². The number of allylic oxidation sites excluding steroid dienone is 1. The van der Waals surface area contributed by atoms with Crippen molar-refractivity contribution in [3.05, 3.63) is 51.3 Å². The third-order valence-corrected chi connectivity index (χ3v) is 5.26. The fraction of sp³-hybridized carbons (Fsp3) is 0.278. The van der Waals surface area contributed by atoms with Gasteiger partial charge in [0.2, 0.25) is 0 Å². The van der Waals surface area contributed by atoms with Crippen LogP contribution in [0.3, 0.4) is 0 Å². The summed E-state index contributed by atoms with van der Waals surface area (Å²) in [4.78, 5) is 14.9. The quantitative estimate of drug-likeness (QED) is 0.689. The monoisotopic (exact) mass is 450 g/mol. The molecule has 1 atom stereocenters. The van der Waals surface area contributed by atoms with Gasteiger partial charge in [0.1, 0.15) is 11.5 Å². The predicted octanol–water partition coefficient (Wildman–Crippen LogP) is 3.53. The zero-order valence-corrected chi connectivity index (χ0v) is 17.7. The maximum Gasteiger partial charge on any atom is 0.257 e. The summed E-state index contributed by atoms with van der Waals surface area (Å²) in [7, 11) is 3.40. The van der Waals surface area contributed by atoms with Crippen LogP contribution in [0.25, 0.3) is 0 Å². The average Bonchev–Trinajstić information content (AvgIpc) is 3.03. The number of methoxy groups -OCH3 is 1. The summed E-state index contributed by atoms with van der Waals surface area (Å²) in [5.41, 5.74) is 2.05. The minimum atomic E-state index is -0.478. The Labute approximate surface area is 170 Å². The summed E-state index contributed by atoms with van der Waals surface area (Å²) >= 11 is 8.92. The van der Waals surface area contributed by atoms with Crippen molar-refractivity contribution in [3.8, 4) is 5.75 Å². The number of hydrogen-bond acceptors (Lipinski definition) is 5. The van der Waals surface area contributed by atoms with Crippen molar-refractivity contribution in [2.24, 2.45) is 0 Å². The van der Waals surface area contributed by atoms with Gasteiger partial charge in [0.25, 0.3) is 5.91 Å². The molecule has 1 amide bonds. The summed E-state index contributed by atoms with van der Waals surface area (Å²) in [5, 5.41) is 10.4. The molecule has 1 aliphatic heterocycles. The predicted molar refractivity (Wildman–Crippen MR) is 110 cm³/mol. The van der Waals surface area contributed by atoms with E-state index in [4.69, 9.17) is 21.5 Å². The Balaban J connectivity index is 2.07. The van der Waals surface area contributed by atoms with Gasteiger partial charge >= 0.3 is 0 Å². The second-order valence-electron chi connectivity index (χ2n) is 6.10. The minimum Gasteiger partial charge on any atom is -0.496 e. The molecule has 142 valence electrons. The van der Waals surface area contributed by atoms with Crippen molar-refractivity contribution in [3.63, 3.8) is 0 Å². The highest BCUT2D eigenvalue weighted by atomic mass is 79.9. The van der Waals surface area contributed by atoms with Gasteiger partial charge in [-0.05, 0) is 44.3 Å². The molecule has 2 N–H and O–H groups in total. The Bertz CT molecular complexity index is 940. The molecule has 0 aliphatic carbocycles. The van der Waals surface area contributed by atoms with Gasteiger partial charge in [0.15, 0.2) is 10.9 Å². The van der Waals surface area contributed by atoms with Crippen molar-refractivity contribution in [2.75, 3.05) is 19.5 Å². The fourth-order valence-electron chi connectivity index (χ4n) is 2.90. The normalized spacial score (nSPS) is 17.0. The Hall–Kier alpha value is -2.39. The molecule has 27 heavy (non-hydrogen) atoms. The molecule has 0 saturated carbocycles. The van der Waals surface area contributed by atoms with Crippen molar-refractivity contribution >= 4 is 45.0 Å². The average molecular weight is 451 g/mol. The number of carbonyl (C=O) groups excluding carboxylic acids is 1. The number of nitrogens with zero attached hydrogens (tertiary/aromatic N) is 2. The third kappa shape index (κ3) is 3.84. The molecular formula is C18H19BrN4O3S. The maximum atomic E-state index is 13.1. The molecule has 9 heteroatoms. The van der Waals surface area contributed by atoms with E-state index in [1.807, 2.05) is 32.2 Å². The van der Waals surface area contributed by atoms with E-state index < -0.39 is 6.04 Å². The Kier molecular flexibility index (Phi) is 5.52. The lowest BCUT2D eigenvalue weighted by Gasteiger charge is -2.36. The van der Waals surface area contributed by atoms with Gasteiger partial charge in [-0.25, -0.2) is 0 Å². The number of nitrogens with one attached hydrogen (secondary N) is 2. The van der Waals surface area contributed by atoms with Crippen molar-refractivity contribution < 1.29 is 14.1 Å². The van der Waals surface area contributed by atoms with E-state index in [9.17, 15) is 4.79 Å². The maximum absolute atomic E-state index is 13.1. The zero-order valence-electron chi connectivity index (χ0n) is 15.3. The van der Waals surface area contributed by atoms with Crippen LogP contribution in [0.1, 0.15) is 24.3 Å². The summed E-state index contributed by atoms with van der Waals surface area (Å²) < 4.78 is 11.4. The molecule has 0 fully saturated rings. The number of thiocarbonyl (C=S) groups is 1. The first-order chi connectivity index (χ1) is 12.8. The van der Waals surface area contributed by atoms with Gasteiger partial charge in [-0.3, -0.25) is 4.79 Å². The van der Waals surface area contributed by atoms with E-state index in [2.05, 4.69) is 31.7 Å². The van der Waals surface area contributed by atoms with Crippen LogP contribution < -0.4 is 15.4 Å². The Morgan fingerprint density at radius 2 is 2.15 bits per heavy atom. The van der Waals surface area contributed by atoms with E-state index in [0.717, 1.165) is 15.7 Å². The molecule has 1 aromatic heterocycles. The highest BCUT2D eigenvalue weighted by Gasteiger charge is 2.34. The van der Waals surface area contributed by atoms with Crippen molar-refractivity contribution in [2.45, 2.75) is 19.9 Å². The number of aromatic nitrogens is 1. The third-order valence-electron chi connectivity index (χ3n) is 4.37. The molecular weight excluding hydrogens is 432 g/mol. The lowest BCUT2D eigenvalue weighted by Crippen LogP contribution is -2.46. The highest BCUT2D eigenvalue weighted by Crippen LogP contribution is 2.36. The molecule has 2 aromatic rings. The second kappa shape index (κ2) is 7.69. The van der Waals surface area contributed by atoms with Crippen LogP contribution in [0.2, 0.25) is 0 Å². The first kappa shape index (κ1) is 19.4. The molecule has 0 bridgehead atoms. The van der Waals surface area contributed by atoms with Gasteiger partial charge in [-0.15, -0.1) is 0 Å². The van der Waals surface area contributed by atoms with Gasteiger partial charge < -0.3 is 24.8 Å². The Morgan fingerprint density at radius 1 is 1.41 bits per heavy atom. The summed E-state index contributed by atoms with van der Waals surface area (Å²) in [6.45, 7) is 3.62. The van der Waals surface area contributed by atoms with E-state index in [0.29, 0.717) is 28.0 Å². The van der Waals surface area contributed by atoms with Crippen LogP contribution in [-0.2, 0) is 4.79 Å². The molecule has 1 unspecified atom stereocenters. The minimum absolute atomic E-state index is 0.297. The molecule has 1 aromatic carbocycles. The van der Waals surface area contributed by atoms with Gasteiger partial charge in [-0.1, -0.05) is 21.1 Å². The highest BCUT2D eigenvalue weighted by molar-refractivity contribution is 9.10. The SMILES string of the molecule is COc1ccc(Br)cc1C1NC(=S)N(C)C(C)=C1C(=O)Nc1cc(C)on1. The van der Waals surface area contributed by atoms with Crippen LogP contribution in [0.5, 0.6) is 5.75 Å². The fourth-order valence-corrected chi connectivity index (χ4v) is 3.54. The number of benzene rings is 1. The number of hydrogen-bond donors (Lipinski definition) is 2. The molecule has 0 spiro atoms. The van der Waals surface area contributed by atoms with E-state index in [1.165, 1.54) is 0 Å². The molecule has 7 nitrogen and oxygen atoms in total. The zero-order chi connectivity index (χ0) is 19.7. The van der Waals surface area contributed by atoms with E-state index >= 15 is 0 Å². The number of ether oxygens (including phenoxy) is 1. The molecule has 3 rings (SSSR count). The number of rotatable bonds is 4. The van der Waals surface area contributed by atoms with Gasteiger partial charge in [-0.2, -0.15) is 0 Å². The van der Waals surface area contributed by atoms with Crippen LogP contribution >= 0.6 is 28.1 Å². The van der Waals surface area contributed by atoms with Crippen LogP contribution in [0.4, 0.5) is 5.82 Å². The number of aryl methyl sites for hydroxylation is 1. The lowest BCUT2D eigenvalue weighted by atomic mass is 9.93. The molecule has 1 aliphatic rings. The topological polar surface area (TPSA) is 79.6 Å². The standard InChI is InChI=1S/C18H19BrN4O3S/c1-9-7-14(22-26-9)20-17(24)15-10(2)23(3)18(27)21-16(15)12-8-11(19)5-6-13(12)25-4/h5-8,16H,1-4H3,(H,21,27)(H,20,22,24). The number of halogens is 1. The van der Waals surface area contributed by atoms with Gasteiger partial charge in [0, 0.05) is 28.8 Å². The summed E-state index contributed by atoms with van der Waals surface area (Å²) in [6.07, 6.45) is 0. The molecule has 0 saturated heterocycles. The first-order valence-corrected chi connectivity index (χ1v) is 9.35. The van der Waals surface area contributed by atoms with E-state index in [-0.39, 0.29) is 5.91 Å². The molecule has 2 heterocycles. The van der Waals surface area contributed by atoms with E-state index in [1.54, 1.807) is 25.0 Å². The van der Waals surface area contributed by atoms with Crippen LogP contribution in [0.15, 0.2) is 44.5 Å². The van der Waals surface area contributed by atoms with Crippen LogP contribution in [0, 0.1) is 6.92 Å². The summed E-state index contributed by atoms with van der Waals surface area (Å²) in [5.74, 6) is 1.32. The van der Waals surface area contributed by atoms with Crippen LogP contribution in [-0.4, -0.2) is 35.2 Å². The summed E-state index contributed by atoms with van der Waals surface area (Å²) in [6, 6.07) is 6.81. The lowest BCUT2D eigenvalue weighted by molar-refractivity contribution is -0.113. The molecule has 0 radical (unpaired) electrons. The number of anilines is 1. The largest absolute Gasteiger partial charge is 0.496 e. The first-order valence-electron chi connectivity index (χ1n) is 8.15. The Morgan fingerprint density at radius 3 is 2.78 bits per heavy atom. The van der Waals surface area contributed by atoms with Crippen molar-refractivity contribution in [1.29, 1.82) is 0 Å². The number of amides is 1. The smallest absolute Gasteiger partial charge is 0.257 e.